The Morgan fingerprint density at radius 1 is 1.17 bits per heavy atom. The second-order valence-corrected chi connectivity index (χ2v) is 6.53. The van der Waals surface area contributed by atoms with Crippen molar-refractivity contribution in [3.63, 3.8) is 0 Å². The van der Waals surface area contributed by atoms with E-state index in [9.17, 15) is 0 Å². The van der Waals surface area contributed by atoms with E-state index in [1.54, 1.807) is 0 Å². The molecule has 2 saturated heterocycles. The summed E-state index contributed by atoms with van der Waals surface area (Å²) in [5.41, 5.74) is 0.0656. The molecule has 0 saturated carbocycles. The van der Waals surface area contributed by atoms with Crippen molar-refractivity contribution in [1.29, 1.82) is 0 Å². The predicted octanol–water partition coefficient (Wildman–Crippen LogP) is 2.41. The van der Waals surface area contributed by atoms with Crippen LogP contribution in [-0.4, -0.2) is 48.8 Å². The molecule has 2 aliphatic rings. The van der Waals surface area contributed by atoms with Crippen LogP contribution in [0.15, 0.2) is 0 Å². The van der Waals surface area contributed by atoms with Gasteiger partial charge in [0.05, 0.1) is 5.60 Å². The highest BCUT2D eigenvalue weighted by molar-refractivity contribution is 4.86. The molecule has 0 aromatic rings. The van der Waals surface area contributed by atoms with Gasteiger partial charge in [0, 0.05) is 18.7 Å². The quantitative estimate of drug-likeness (QED) is 0.837. The Morgan fingerprint density at radius 3 is 2.72 bits per heavy atom. The summed E-state index contributed by atoms with van der Waals surface area (Å²) in [7, 11) is 0. The second kappa shape index (κ2) is 6.36. The minimum atomic E-state index is 0.0656. The van der Waals surface area contributed by atoms with E-state index in [1.165, 1.54) is 45.3 Å². The van der Waals surface area contributed by atoms with E-state index in [2.05, 4.69) is 31.0 Å². The average molecular weight is 254 g/mol. The van der Waals surface area contributed by atoms with E-state index in [1.807, 2.05) is 0 Å². The summed E-state index contributed by atoms with van der Waals surface area (Å²) in [5.74, 6) is 0. The van der Waals surface area contributed by atoms with Crippen molar-refractivity contribution in [3.8, 4) is 0 Å². The summed E-state index contributed by atoms with van der Waals surface area (Å²) in [6.45, 7) is 11.4. The fourth-order valence-electron chi connectivity index (χ4n) is 3.35. The van der Waals surface area contributed by atoms with Crippen LogP contribution in [0.2, 0.25) is 0 Å². The van der Waals surface area contributed by atoms with E-state index in [0.717, 1.165) is 19.1 Å². The summed E-state index contributed by atoms with van der Waals surface area (Å²) in [5, 5.41) is 3.89. The summed E-state index contributed by atoms with van der Waals surface area (Å²) in [4.78, 5) is 2.58. The Hall–Kier alpha value is -0.120. The van der Waals surface area contributed by atoms with Crippen LogP contribution in [0.3, 0.4) is 0 Å². The first-order valence-electron chi connectivity index (χ1n) is 7.71. The number of likely N-dealkylation sites (tertiary alicyclic amines) is 1. The molecule has 106 valence electrons. The molecular formula is C15H30N2O. The first-order valence-corrected chi connectivity index (χ1v) is 7.71. The molecule has 2 fully saturated rings. The van der Waals surface area contributed by atoms with Crippen molar-refractivity contribution in [2.75, 3.05) is 26.2 Å². The highest BCUT2D eigenvalue weighted by Gasteiger charge is 2.30. The van der Waals surface area contributed by atoms with Crippen molar-refractivity contribution in [2.24, 2.45) is 0 Å². The van der Waals surface area contributed by atoms with E-state index in [-0.39, 0.29) is 5.60 Å². The zero-order chi connectivity index (χ0) is 13.0. The van der Waals surface area contributed by atoms with Gasteiger partial charge in [-0.15, -0.1) is 0 Å². The molecule has 0 radical (unpaired) electrons. The zero-order valence-corrected chi connectivity index (χ0v) is 12.4. The van der Waals surface area contributed by atoms with Crippen LogP contribution in [0.25, 0.3) is 0 Å². The molecule has 18 heavy (non-hydrogen) atoms. The lowest BCUT2D eigenvalue weighted by Gasteiger charge is -2.37. The number of nitrogens with zero attached hydrogens (tertiary/aromatic N) is 1. The lowest BCUT2D eigenvalue weighted by atomic mass is 9.93. The van der Waals surface area contributed by atoms with Crippen molar-refractivity contribution in [3.05, 3.63) is 0 Å². The second-order valence-electron chi connectivity index (χ2n) is 6.53. The average Bonchev–Trinajstić information content (AvgIpc) is 2.53. The number of nitrogens with one attached hydrogen (secondary N) is 1. The number of hydrogen-bond donors (Lipinski definition) is 1. The van der Waals surface area contributed by atoms with Crippen LogP contribution in [0.5, 0.6) is 0 Å². The van der Waals surface area contributed by atoms with Gasteiger partial charge >= 0.3 is 0 Å². The van der Waals surface area contributed by atoms with Crippen LogP contribution < -0.4 is 5.32 Å². The molecule has 1 N–H and O–H groups in total. The Morgan fingerprint density at radius 2 is 2.00 bits per heavy atom. The maximum atomic E-state index is 5.80. The molecule has 2 heterocycles. The van der Waals surface area contributed by atoms with Gasteiger partial charge < -0.3 is 15.0 Å². The van der Waals surface area contributed by atoms with Gasteiger partial charge in [0.15, 0.2) is 0 Å². The highest BCUT2D eigenvalue weighted by Crippen LogP contribution is 2.25. The van der Waals surface area contributed by atoms with Crippen molar-refractivity contribution >= 4 is 0 Å². The molecule has 2 rings (SSSR count). The normalized spacial score (nSPS) is 34.2. The van der Waals surface area contributed by atoms with Crippen LogP contribution >= 0.6 is 0 Å². The van der Waals surface area contributed by atoms with Crippen molar-refractivity contribution in [1.82, 2.24) is 10.2 Å². The molecule has 0 aliphatic carbocycles. The lowest BCUT2D eigenvalue weighted by molar-refractivity contribution is -0.0643. The van der Waals surface area contributed by atoms with E-state index in [0.29, 0.717) is 6.04 Å². The molecular weight excluding hydrogens is 224 g/mol. The molecule has 3 heteroatoms. The maximum Gasteiger partial charge on any atom is 0.0641 e. The maximum absolute atomic E-state index is 5.80. The number of hydrogen-bond acceptors (Lipinski definition) is 3. The third-order valence-electron chi connectivity index (χ3n) is 4.44. The van der Waals surface area contributed by atoms with E-state index >= 15 is 0 Å². The lowest BCUT2D eigenvalue weighted by Crippen LogP contribution is -2.47. The molecule has 0 amide bonds. The van der Waals surface area contributed by atoms with Gasteiger partial charge in [0.1, 0.15) is 0 Å². The third kappa shape index (κ3) is 4.22. The zero-order valence-electron chi connectivity index (χ0n) is 12.4. The Kier molecular flexibility index (Phi) is 5.05. The summed E-state index contributed by atoms with van der Waals surface area (Å²) in [6, 6.07) is 1.38. The fourth-order valence-corrected chi connectivity index (χ4v) is 3.35. The van der Waals surface area contributed by atoms with Crippen LogP contribution in [0.1, 0.15) is 52.9 Å². The molecule has 0 aromatic carbocycles. The summed E-state index contributed by atoms with van der Waals surface area (Å²) >= 11 is 0. The SMILES string of the molecule is CCN1CCCC(NC2CCOC(C)(C)C2)CC1. The minimum absolute atomic E-state index is 0.0656. The molecule has 3 nitrogen and oxygen atoms in total. The van der Waals surface area contributed by atoms with Gasteiger partial charge in [0.25, 0.3) is 0 Å². The molecule has 0 aromatic heterocycles. The fraction of sp³-hybridized carbons (Fsp3) is 1.00. The molecule has 0 spiro atoms. The van der Waals surface area contributed by atoms with Crippen molar-refractivity contribution in [2.45, 2.75) is 70.6 Å². The van der Waals surface area contributed by atoms with Gasteiger partial charge in [-0.25, -0.2) is 0 Å². The van der Waals surface area contributed by atoms with Gasteiger partial charge in [-0.2, -0.15) is 0 Å². The largest absolute Gasteiger partial charge is 0.375 e. The summed E-state index contributed by atoms with van der Waals surface area (Å²) in [6.07, 6.45) is 6.33. The summed E-state index contributed by atoms with van der Waals surface area (Å²) < 4.78 is 5.80. The first kappa shape index (κ1) is 14.3. The van der Waals surface area contributed by atoms with E-state index in [4.69, 9.17) is 4.74 Å². The smallest absolute Gasteiger partial charge is 0.0641 e. The van der Waals surface area contributed by atoms with Crippen LogP contribution in [0, 0.1) is 0 Å². The minimum Gasteiger partial charge on any atom is -0.375 e. The topological polar surface area (TPSA) is 24.5 Å². The monoisotopic (exact) mass is 254 g/mol. The molecule has 2 atom stereocenters. The first-order chi connectivity index (χ1) is 8.59. The van der Waals surface area contributed by atoms with Crippen LogP contribution in [-0.2, 0) is 4.74 Å². The van der Waals surface area contributed by atoms with Gasteiger partial charge in [0.2, 0.25) is 0 Å². The Balaban J connectivity index is 1.78. The molecule has 2 aliphatic heterocycles. The van der Waals surface area contributed by atoms with E-state index < -0.39 is 0 Å². The third-order valence-corrected chi connectivity index (χ3v) is 4.44. The Bertz CT molecular complexity index is 255. The van der Waals surface area contributed by atoms with Crippen LogP contribution in [0.4, 0.5) is 0 Å². The highest BCUT2D eigenvalue weighted by atomic mass is 16.5. The standard InChI is InChI=1S/C15H30N2O/c1-4-17-9-5-6-13(7-10-17)16-14-8-11-18-15(2,3)12-14/h13-14,16H,4-12H2,1-3H3. The molecule has 2 unspecified atom stereocenters. The predicted molar refractivity (Wildman–Crippen MR) is 75.9 cm³/mol. The number of rotatable bonds is 3. The van der Waals surface area contributed by atoms with Crippen molar-refractivity contribution < 1.29 is 4.74 Å². The Labute approximate surface area is 112 Å². The van der Waals surface area contributed by atoms with Gasteiger partial charge in [-0.05, 0) is 65.6 Å². The van der Waals surface area contributed by atoms with Gasteiger partial charge in [-0.1, -0.05) is 6.92 Å². The molecule has 0 bridgehead atoms. The van der Waals surface area contributed by atoms with Gasteiger partial charge in [-0.3, -0.25) is 0 Å². The number of ether oxygens (including phenoxy) is 1.